The molecule has 5 nitrogen and oxygen atoms in total. The monoisotopic (exact) mass is 298 g/mol. The number of carbonyl (C=O) groups excluding carboxylic acids is 1. The predicted molar refractivity (Wildman–Crippen MR) is 69.3 cm³/mol. The Bertz CT molecular complexity index is 751. The molecule has 0 bridgehead atoms. The minimum absolute atomic E-state index is 0.155. The van der Waals surface area contributed by atoms with Gasteiger partial charge in [-0.15, -0.1) is 0 Å². The molecule has 0 aromatic carbocycles. The van der Waals surface area contributed by atoms with Crippen molar-refractivity contribution in [2.45, 2.75) is 0 Å². The molecular formula is C10H4Cl2N4OS. The lowest BCUT2D eigenvalue weighted by molar-refractivity contribution is 0.108. The highest BCUT2D eigenvalue weighted by atomic mass is 35.5. The van der Waals surface area contributed by atoms with Crippen molar-refractivity contribution in [2.24, 2.45) is 0 Å². The summed E-state index contributed by atoms with van der Waals surface area (Å²) in [7, 11) is 0. The second kappa shape index (κ2) is 4.31. The zero-order valence-electron chi connectivity index (χ0n) is 8.67. The Balaban J connectivity index is 2.23. The molecular weight excluding hydrogens is 295 g/mol. The molecule has 0 amide bonds. The van der Waals surface area contributed by atoms with Crippen LogP contribution in [0.4, 0.5) is 0 Å². The first-order valence-corrected chi connectivity index (χ1v) is 6.39. The molecule has 0 aliphatic rings. The molecule has 0 saturated heterocycles. The zero-order valence-corrected chi connectivity index (χ0v) is 11.0. The molecule has 90 valence electrons. The first-order valence-electron chi connectivity index (χ1n) is 4.82. The maximum absolute atomic E-state index is 11.1. The fourth-order valence-corrected chi connectivity index (χ4v) is 2.68. The Labute approximate surface area is 115 Å². The number of nitrogens with zero attached hydrogens (tertiary/aromatic N) is 4. The quantitative estimate of drug-likeness (QED) is 0.683. The molecule has 3 aromatic rings. The Morgan fingerprint density at radius 3 is 3.00 bits per heavy atom. The highest BCUT2D eigenvalue weighted by molar-refractivity contribution is 7.19. The van der Waals surface area contributed by atoms with E-state index < -0.39 is 5.24 Å². The van der Waals surface area contributed by atoms with Crippen molar-refractivity contribution in [3.05, 3.63) is 33.9 Å². The van der Waals surface area contributed by atoms with Crippen molar-refractivity contribution >= 4 is 45.4 Å². The summed E-state index contributed by atoms with van der Waals surface area (Å²) in [6.45, 7) is 0. The number of rotatable bonds is 2. The van der Waals surface area contributed by atoms with E-state index in [4.69, 9.17) is 23.2 Å². The smallest absolute Gasteiger partial charge is 0.273 e. The zero-order chi connectivity index (χ0) is 12.7. The minimum Gasteiger partial charge on any atom is -0.273 e. The second-order valence-electron chi connectivity index (χ2n) is 3.35. The van der Waals surface area contributed by atoms with E-state index in [1.54, 1.807) is 23.0 Å². The van der Waals surface area contributed by atoms with Crippen molar-refractivity contribution in [2.75, 3.05) is 0 Å². The lowest BCUT2D eigenvalue weighted by atomic mass is 10.4. The topological polar surface area (TPSA) is 60.2 Å². The number of imidazole rings is 1. The van der Waals surface area contributed by atoms with Crippen LogP contribution in [0.2, 0.25) is 4.34 Å². The maximum atomic E-state index is 11.1. The van der Waals surface area contributed by atoms with Crippen molar-refractivity contribution in [1.82, 2.24) is 19.6 Å². The average molecular weight is 299 g/mol. The van der Waals surface area contributed by atoms with Crippen LogP contribution in [-0.2, 0) is 0 Å². The predicted octanol–water partition coefficient (Wildman–Crippen LogP) is 2.89. The van der Waals surface area contributed by atoms with Gasteiger partial charge in [0.05, 0.1) is 6.20 Å². The van der Waals surface area contributed by atoms with Crippen LogP contribution in [0.5, 0.6) is 0 Å². The number of carbonyl (C=O) groups is 1. The summed E-state index contributed by atoms with van der Waals surface area (Å²) in [5.74, 6) is 0. The molecule has 18 heavy (non-hydrogen) atoms. The Kier molecular flexibility index (Phi) is 2.77. The third-order valence-electron chi connectivity index (χ3n) is 2.27. The summed E-state index contributed by atoms with van der Waals surface area (Å²) in [5, 5.41) is 3.68. The van der Waals surface area contributed by atoms with Crippen LogP contribution in [0.25, 0.3) is 17.0 Å². The summed E-state index contributed by atoms with van der Waals surface area (Å²) < 4.78 is 1.98. The van der Waals surface area contributed by atoms with Gasteiger partial charge in [-0.05, 0) is 23.7 Å². The van der Waals surface area contributed by atoms with Gasteiger partial charge in [0, 0.05) is 6.20 Å². The number of fused-ring (bicyclic) bond motifs is 1. The highest BCUT2D eigenvalue weighted by Gasteiger charge is 2.18. The van der Waals surface area contributed by atoms with E-state index >= 15 is 0 Å². The molecule has 3 aromatic heterocycles. The van der Waals surface area contributed by atoms with Gasteiger partial charge < -0.3 is 0 Å². The van der Waals surface area contributed by atoms with Crippen molar-refractivity contribution < 1.29 is 4.79 Å². The van der Waals surface area contributed by atoms with Crippen molar-refractivity contribution in [3.63, 3.8) is 0 Å². The van der Waals surface area contributed by atoms with E-state index in [9.17, 15) is 4.79 Å². The van der Waals surface area contributed by atoms with Gasteiger partial charge in [-0.3, -0.25) is 4.79 Å². The Morgan fingerprint density at radius 1 is 1.44 bits per heavy atom. The van der Waals surface area contributed by atoms with E-state index in [0.717, 1.165) is 11.3 Å². The Morgan fingerprint density at radius 2 is 2.28 bits per heavy atom. The lowest BCUT2D eigenvalue weighted by Gasteiger charge is -1.96. The van der Waals surface area contributed by atoms with Crippen LogP contribution >= 0.6 is 34.5 Å². The summed E-state index contributed by atoms with van der Waals surface area (Å²) in [6, 6.07) is 3.59. The van der Waals surface area contributed by atoms with Crippen molar-refractivity contribution in [1.29, 1.82) is 0 Å². The highest BCUT2D eigenvalue weighted by Crippen LogP contribution is 2.33. The molecule has 8 heteroatoms. The first-order chi connectivity index (χ1) is 8.66. The summed E-state index contributed by atoms with van der Waals surface area (Å²) in [4.78, 5) is 19.3. The minimum atomic E-state index is -0.630. The van der Waals surface area contributed by atoms with Gasteiger partial charge in [-0.1, -0.05) is 22.9 Å². The van der Waals surface area contributed by atoms with E-state index in [1.165, 1.54) is 0 Å². The SMILES string of the molecule is O=C(Cl)c1nc(-c2cnc3cccnn23)c(Cl)s1. The number of aromatic nitrogens is 4. The van der Waals surface area contributed by atoms with Crippen molar-refractivity contribution in [3.8, 4) is 11.4 Å². The molecule has 0 atom stereocenters. The largest absolute Gasteiger partial charge is 0.281 e. The lowest BCUT2D eigenvalue weighted by Crippen LogP contribution is -1.94. The molecule has 0 saturated carbocycles. The van der Waals surface area contributed by atoms with Gasteiger partial charge in [-0.2, -0.15) is 5.10 Å². The van der Waals surface area contributed by atoms with Crippen LogP contribution in [0, 0.1) is 0 Å². The van der Waals surface area contributed by atoms with Gasteiger partial charge in [0.2, 0.25) is 0 Å². The molecule has 0 fully saturated rings. The number of hydrogen-bond acceptors (Lipinski definition) is 5. The van der Waals surface area contributed by atoms with Crippen LogP contribution in [-0.4, -0.2) is 24.8 Å². The molecule has 0 spiro atoms. The van der Waals surface area contributed by atoms with Gasteiger partial charge in [-0.25, -0.2) is 14.5 Å². The molecule has 0 N–H and O–H groups in total. The second-order valence-corrected chi connectivity index (χ2v) is 5.30. The van der Waals surface area contributed by atoms with Crippen LogP contribution in [0.1, 0.15) is 9.80 Å². The maximum Gasteiger partial charge on any atom is 0.281 e. The van der Waals surface area contributed by atoms with E-state index in [0.29, 0.717) is 21.4 Å². The normalized spacial score (nSPS) is 11.0. The number of halogens is 2. The number of thiazole rings is 1. The summed E-state index contributed by atoms with van der Waals surface area (Å²) in [6.07, 6.45) is 3.23. The average Bonchev–Trinajstić information content (AvgIpc) is 2.92. The molecule has 3 rings (SSSR count). The van der Waals surface area contributed by atoms with Gasteiger partial charge in [0.1, 0.15) is 15.7 Å². The van der Waals surface area contributed by atoms with Crippen LogP contribution in [0.15, 0.2) is 24.5 Å². The van der Waals surface area contributed by atoms with Gasteiger partial charge >= 0.3 is 0 Å². The molecule has 3 heterocycles. The molecule has 0 aliphatic heterocycles. The third kappa shape index (κ3) is 1.78. The fraction of sp³-hybridized carbons (Fsp3) is 0. The molecule has 0 radical (unpaired) electrons. The summed E-state index contributed by atoms with van der Waals surface area (Å²) in [5.41, 5.74) is 1.75. The van der Waals surface area contributed by atoms with E-state index in [2.05, 4.69) is 15.1 Å². The fourth-order valence-electron chi connectivity index (χ4n) is 1.53. The molecule has 0 unspecified atom stereocenters. The Hall–Kier alpha value is -1.50. The van der Waals surface area contributed by atoms with Gasteiger partial charge in [0.25, 0.3) is 5.24 Å². The van der Waals surface area contributed by atoms with Crippen LogP contribution < -0.4 is 0 Å². The standard InChI is InChI=1S/C10H4Cl2N4OS/c11-8(17)10-15-7(9(12)18-10)5-4-13-6-2-1-3-14-16(5)6/h1-4H. The number of hydrogen-bond donors (Lipinski definition) is 0. The van der Waals surface area contributed by atoms with Crippen LogP contribution in [0.3, 0.4) is 0 Å². The molecule has 0 aliphatic carbocycles. The third-order valence-corrected chi connectivity index (χ3v) is 3.82. The van der Waals surface area contributed by atoms with E-state index in [-0.39, 0.29) is 5.01 Å². The summed E-state index contributed by atoms with van der Waals surface area (Å²) >= 11 is 12.5. The first kappa shape index (κ1) is 11.6. The van der Waals surface area contributed by atoms with Gasteiger partial charge in [0.15, 0.2) is 10.7 Å². The van der Waals surface area contributed by atoms with E-state index in [1.807, 2.05) is 6.07 Å².